The van der Waals surface area contributed by atoms with E-state index in [9.17, 15) is 17.6 Å². The van der Waals surface area contributed by atoms with Crippen LogP contribution in [0.5, 0.6) is 0 Å². The molecule has 2 aromatic rings. The average molecular weight is 297 g/mol. The molecule has 0 saturated heterocycles. The number of hydrogen-bond acceptors (Lipinski definition) is 1. The van der Waals surface area contributed by atoms with Crippen molar-refractivity contribution in [2.24, 2.45) is 0 Å². The second-order valence-electron chi connectivity index (χ2n) is 4.92. The Balaban J connectivity index is 2.27. The molecule has 1 N–H and O–H groups in total. The summed E-state index contributed by atoms with van der Waals surface area (Å²) < 4.78 is 51.9. The molecule has 0 spiro atoms. The van der Waals surface area contributed by atoms with E-state index in [0.717, 1.165) is 12.1 Å². The van der Waals surface area contributed by atoms with Crippen LogP contribution in [-0.4, -0.2) is 0 Å². The fraction of sp³-hybridized carbons (Fsp3) is 0.250. The lowest BCUT2D eigenvalue weighted by Crippen LogP contribution is -2.11. The van der Waals surface area contributed by atoms with E-state index in [-0.39, 0.29) is 0 Å². The van der Waals surface area contributed by atoms with Crippen LogP contribution < -0.4 is 5.32 Å². The van der Waals surface area contributed by atoms with Crippen molar-refractivity contribution in [1.82, 2.24) is 0 Å². The van der Waals surface area contributed by atoms with Crippen LogP contribution in [-0.2, 0) is 6.18 Å². The molecule has 0 amide bonds. The van der Waals surface area contributed by atoms with Gasteiger partial charge in [0.25, 0.3) is 0 Å². The second kappa shape index (κ2) is 5.76. The molecule has 0 saturated carbocycles. The second-order valence-corrected chi connectivity index (χ2v) is 4.92. The van der Waals surface area contributed by atoms with Gasteiger partial charge in [0.1, 0.15) is 5.82 Å². The molecule has 5 heteroatoms. The maximum Gasteiger partial charge on any atom is 0.416 e. The Hall–Kier alpha value is -2.04. The van der Waals surface area contributed by atoms with Gasteiger partial charge >= 0.3 is 6.18 Å². The predicted octanol–water partition coefficient (Wildman–Crippen LogP) is 5.33. The number of alkyl halides is 3. The van der Waals surface area contributed by atoms with Crippen molar-refractivity contribution in [1.29, 1.82) is 0 Å². The standard InChI is InChI=1S/C16H15F4N/c1-10-5-3-8-14(17)15(10)21-11(2)12-6-4-7-13(9-12)16(18,19)20/h3-9,11,21H,1-2H3. The molecule has 0 aromatic heterocycles. The van der Waals surface area contributed by atoms with Crippen molar-refractivity contribution < 1.29 is 17.6 Å². The largest absolute Gasteiger partial charge is 0.416 e. The van der Waals surface area contributed by atoms with Crippen LogP contribution in [0.2, 0.25) is 0 Å². The summed E-state index contributed by atoms with van der Waals surface area (Å²) in [5.74, 6) is -0.422. The van der Waals surface area contributed by atoms with Crippen LogP contribution in [0.3, 0.4) is 0 Å². The molecule has 2 aromatic carbocycles. The van der Waals surface area contributed by atoms with Gasteiger partial charge in [-0.2, -0.15) is 13.2 Å². The first-order chi connectivity index (χ1) is 9.79. The van der Waals surface area contributed by atoms with Crippen molar-refractivity contribution in [2.45, 2.75) is 26.1 Å². The van der Waals surface area contributed by atoms with Crippen molar-refractivity contribution in [3.63, 3.8) is 0 Å². The lowest BCUT2D eigenvalue weighted by molar-refractivity contribution is -0.137. The molecule has 0 radical (unpaired) electrons. The number of aryl methyl sites for hydroxylation is 1. The summed E-state index contributed by atoms with van der Waals surface area (Å²) in [7, 11) is 0. The third-order valence-electron chi connectivity index (χ3n) is 3.30. The average Bonchev–Trinajstić information content (AvgIpc) is 2.42. The van der Waals surface area contributed by atoms with E-state index in [0.29, 0.717) is 16.8 Å². The minimum absolute atomic E-state index is 0.308. The Bertz CT molecular complexity index is 614. The minimum atomic E-state index is -4.39. The zero-order valence-electron chi connectivity index (χ0n) is 11.6. The number of anilines is 1. The quantitative estimate of drug-likeness (QED) is 0.755. The zero-order valence-corrected chi connectivity index (χ0v) is 11.6. The molecule has 0 aliphatic carbocycles. The van der Waals surface area contributed by atoms with Gasteiger partial charge in [-0.15, -0.1) is 0 Å². The first-order valence-corrected chi connectivity index (χ1v) is 6.48. The molecule has 0 aliphatic rings. The van der Waals surface area contributed by atoms with Crippen LogP contribution in [0.15, 0.2) is 42.5 Å². The Morgan fingerprint density at radius 1 is 1.05 bits per heavy atom. The molecule has 0 fully saturated rings. The molecular formula is C16H15F4N. The number of benzene rings is 2. The van der Waals surface area contributed by atoms with E-state index in [1.54, 1.807) is 32.0 Å². The van der Waals surface area contributed by atoms with Crippen molar-refractivity contribution in [2.75, 3.05) is 5.32 Å². The van der Waals surface area contributed by atoms with Gasteiger partial charge in [0, 0.05) is 6.04 Å². The smallest absolute Gasteiger partial charge is 0.376 e. The van der Waals surface area contributed by atoms with Crippen LogP contribution in [0, 0.1) is 12.7 Å². The van der Waals surface area contributed by atoms with E-state index in [1.807, 2.05) is 0 Å². The lowest BCUT2D eigenvalue weighted by atomic mass is 10.0. The number of para-hydroxylation sites is 1. The van der Waals surface area contributed by atoms with E-state index in [1.165, 1.54) is 12.1 Å². The normalized spacial score (nSPS) is 13.0. The Morgan fingerprint density at radius 2 is 1.71 bits per heavy atom. The number of rotatable bonds is 3. The van der Waals surface area contributed by atoms with Gasteiger partial charge in [0.05, 0.1) is 11.3 Å². The summed E-state index contributed by atoms with van der Waals surface area (Å²) >= 11 is 0. The van der Waals surface area contributed by atoms with E-state index >= 15 is 0 Å². The summed E-state index contributed by atoms with van der Waals surface area (Å²) in [6.07, 6.45) is -4.39. The summed E-state index contributed by atoms with van der Waals surface area (Å²) in [4.78, 5) is 0. The molecular weight excluding hydrogens is 282 g/mol. The first kappa shape index (κ1) is 15.4. The highest BCUT2D eigenvalue weighted by atomic mass is 19.4. The van der Waals surface area contributed by atoms with E-state index < -0.39 is 23.6 Å². The molecule has 2 rings (SSSR count). The van der Waals surface area contributed by atoms with Crippen molar-refractivity contribution >= 4 is 5.69 Å². The molecule has 1 nitrogen and oxygen atoms in total. The Morgan fingerprint density at radius 3 is 2.33 bits per heavy atom. The molecule has 0 bridgehead atoms. The molecule has 1 unspecified atom stereocenters. The third kappa shape index (κ3) is 3.54. The fourth-order valence-electron chi connectivity index (χ4n) is 2.10. The summed E-state index contributed by atoms with van der Waals surface area (Å²) in [6, 6.07) is 9.23. The van der Waals surface area contributed by atoms with Gasteiger partial charge in [-0.25, -0.2) is 4.39 Å². The van der Waals surface area contributed by atoms with E-state index in [2.05, 4.69) is 5.32 Å². The monoisotopic (exact) mass is 297 g/mol. The minimum Gasteiger partial charge on any atom is -0.376 e. The maximum absolute atomic E-state index is 13.8. The van der Waals surface area contributed by atoms with Gasteiger partial charge in [-0.1, -0.05) is 24.3 Å². The van der Waals surface area contributed by atoms with Gasteiger partial charge in [0.2, 0.25) is 0 Å². The molecule has 0 heterocycles. The van der Waals surface area contributed by atoms with E-state index in [4.69, 9.17) is 0 Å². The molecule has 0 aliphatic heterocycles. The topological polar surface area (TPSA) is 12.0 Å². The van der Waals surface area contributed by atoms with Crippen LogP contribution >= 0.6 is 0 Å². The summed E-state index contributed by atoms with van der Waals surface area (Å²) in [5.41, 5.74) is 0.752. The van der Waals surface area contributed by atoms with Gasteiger partial charge in [0.15, 0.2) is 0 Å². The summed E-state index contributed by atoms with van der Waals surface area (Å²) in [5, 5.41) is 2.93. The molecule has 21 heavy (non-hydrogen) atoms. The number of nitrogens with one attached hydrogen (secondary N) is 1. The lowest BCUT2D eigenvalue weighted by Gasteiger charge is -2.19. The number of hydrogen-bond donors (Lipinski definition) is 1. The highest BCUT2D eigenvalue weighted by Crippen LogP contribution is 2.32. The number of halogens is 4. The fourth-order valence-corrected chi connectivity index (χ4v) is 2.10. The van der Waals surface area contributed by atoms with Crippen molar-refractivity contribution in [3.05, 3.63) is 65.0 Å². The van der Waals surface area contributed by atoms with Crippen LogP contribution in [0.25, 0.3) is 0 Å². The molecule has 112 valence electrons. The SMILES string of the molecule is Cc1cccc(F)c1NC(C)c1cccc(C(F)(F)F)c1. The highest BCUT2D eigenvalue weighted by molar-refractivity contribution is 5.53. The zero-order chi connectivity index (χ0) is 15.6. The Labute approximate surface area is 120 Å². The van der Waals surface area contributed by atoms with Crippen LogP contribution in [0.4, 0.5) is 23.2 Å². The highest BCUT2D eigenvalue weighted by Gasteiger charge is 2.30. The first-order valence-electron chi connectivity index (χ1n) is 6.48. The summed E-state index contributed by atoms with van der Waals surface area (Å²) in [6.45, 7) is 3.44. The van der Waals surface area contributed by atoms with Crippen LogP contribution in [0.1, 0.15) is 29.7 Å². The van der Waals surface area contributed by atoms with Gasteiger partial charge < -0.3 is 5.32 Å². The maximum atomic E-state index is 13.8. The van der Waals surface area contributed by atoms with Crippen molar-refractivity contribution in [3.8, 4) is 0 Å². The van der Waals surface area contributed by atoms with Gasteiger partial charge in [-0.3, -0.25) is 0 Å². The third-order valence-corrected chi connectivity index (χ3v) is 3.30. The van der Waals surface area contributed by atoms with Gasteiger partial charge in [-0.05, 0) is 43.2 Å². The molecule has 1 atom stereocenters. The predicted molar refractivity (Wildman–Crippen MR) is 74.6 cm³/mol. The Kier molecular flexibility index (Phi) is 4.21.